The number of hydrogen-bond acceptors (Lipinski definition) is 8. The van der Waals surface area contributed by atoms with Crippen molar-refractivity contribution in [3.63, 3.8) is 0 Å². The van der Waals surface area contributed by atoms with E-state index in [4.69, 9.17) is 0 Å². The third-order valence-corrected chi connectivity index (χ3v) is 4.85. The van der Waals surface area contributed by atoms with Crippen LogP contribution in [0.5, 0.6) is 0 Å². The molecular formula is C21H20N8. The minimum atomic E-state index is 0.499. The average molecular weight is 384 g/mol. The fourth-order valence-electron chi connectivity index (χ4n) is 3.38. The van der Waals surface area contributed by atoms with Crippen molar-refractivity contribution in [2.45, 2.75) is 0 Å². The van der Waals surface area contributed by atoms with Crippen LogP contribution >= 0.6 is 0 Å². The summed E-state index contributed by atoms with van der Waals surface area (Å²) in [5.74, 6) is 1.48. The molecule has 0 aromatic carbocycles. The maximum atomic E-state index is 4.69. The summed E-state index contributed by atoms with van der Waals surface area (Å²) in [4.78, 5) is 24.9. The number of anilines is 3. The summed E-state index contributed by atoms with van der Waals surface area (Å²) in [7, 11) is 0. The van der Waals surface area contributed by atoms with E-state index in [0.717, 1.165) is 60.0 Å². The van der Waals surface area contributed by atoms with E-state index in [1.165, 1.54) is 0 Å². The van der Waals surface area contributed by atoms with Gasteiger partial charge in [-0.2, -0.15) is 0 Å². The smallest absolute Gasteiger partial charge is 0.227 e. The highest BCUT2D eigenvalue weighted by atomic mass is 15.2. The van der Waals surface area contributed by atoms with Gasteiger partial charge in [0, 0.05) is 50.2 Å². The van der Waals surface area contributed by atoms with Gasteiger partial charge in [-0.15, -0.1) is 0 Å². The Morgan fingerprint density at radius 1 is 0.862 bits per heavy atom. The van der Waals surface area contributed by atoms with Gasteiger partial charge in [0.15, 0.2) is 0 Å². The van der Waals surface area contributed by atoms with Crippen molar-refractivity contribution in [2.24, 2.45) is 0 Å². The quantitative estimate of drug-likeness (QED) is 0.555. The Bertz CT molecular complexity index is 1110. The number of nitrogens with zero attached hydrogens (tertiary/aromatic N) is 6. The molecule has 0 aliphatic carbocycles. The molecule has 1 aliphatic rings. The number of aromatic nitrogens is 5. The molecule has 4 aromatic heterocycles. The van der Waals surface area contributed by atoms with Crippen LogP contribution in [0.1, 0.15) is 0 Å². The zero-order valence-corrected chi connectivity index (χ0v) is 15.8. The van der Waals surface area contributed by atoms with Crippen LogP contribution in [0.25, 0.3) is 22.3 Å². The highest BCUT2D eigenvalue weighted by Gasteiger charge is 2.12. The summed E-state index contributed by atoms with van der Waals surface area (Å²) in [6.45, 7) is 3.91. The number of nitrogens with one attached hydrogen (secondary N) is 2. The SMILES string of the molecule is c1ccc(-c2nccc3cnc(Nc4ccc(N5CCNCC5)nc4)nc23)nc1. The van der Waals surface area contributed by atoms with Gasteiger partial charge in [-0.1, -0.05) is 6.07 Å². The molecule has 0 spiro atoms. The number of pyridine rings is 3. The van der Waals surface area contributed by atoms with Crippen LogP contribution in [-0.4, -0.2) is 51.1 Å². The van der Waals surface area contributed by atoms with Crippen LogP contribution in [-0.2, 0) is 0 Å². The van der Waals surface area contributed by atoms with E-state index in [2.05, 4.69) is 40.5 Å². The Kier molecular flexibility index (Phi) is 4.67. The molecule has 0 amide bonds. The molecule has 5 heterocycles. The molecule has 1 aliphatic heterocycles. The Labute approximate surface area is 168 Å². The maximum absolute atomic E-state index is 4.69. The summed E-state index contributed by atoms with van der Waals surface area (Å²) in [6.07, 6.45) is 7.11. The lowest BCUT2D eigenvalue weighted by Gasteiger charge is -2.28. The third-order valence-electron chi connectivity index (χ3n) is 4.85. The summed E-state index contributed by atoms with van der Waals surface area (Å²) >= 11 is 0. The predicted octanol–water partition coefficient (Wildman–Crippen LogP) is 2.64. The fourth-order valence-corrected chi connectivity index (χ4v) is 3.38. The van der Waals surface area contributed by atoms with Crippen molar-refractivity contribution < 1.29 is 0 Å². The van der Waals surface area contributed by atoms with Crippen LogP contribution in [0.2, 0.25) is 0 Å². The largest absolute Gasteiger partial charge is 0.354 e. The van der Waals surface area contributed by atoms with E-state index in [9.17, 15) is 0 Å². The van der Waals surface area contributed by atoms with Gasteiger partial charge in [0.1, 0.15) is 17.0 Å². The average Bonchev–Trinajstić information content (AvgIpc) is 2.80. The number of piperazine rings is 1. The highest BCUT2D eigenvalue weighted by Crippen LogP contribution is 2.24. The Hall–Kier alpha value is -3.65. The number of fused-ring (bicyclic) bond motifs is 1. The molecule has 1 fully saturated rings. The fraction of sp³-hybridized carbons (Fsp3) is 0.190. The first-order chi connectivity index (χ1) is 14.4. The zero-order chi connectivity index (χ0) is 19.5. The van der Waals surface area contributed by atoms with Crippen molar-refractivity contribution in [1.29, 1.82) is 0 Å². The maximum Gasteiger partial charge on any atom is 0.227 e. The molecule has 0 atom stereocenters. The highest BCUT2D eigenvalue weighted by molar-refractivity contribution is 5.90. The molecule has 1 saturated heterocycles. The molecule has 8 nitrogen and oxygen atoms in total. The molecule has 5 rings (SSSR count). The lowest BCUT2D eigenvalue weighted by Crippen LogP contribution is -2.43. The molecule has 2 N–H and O–H groups in total. The first-order valence-corrected chi connectivity index (χ1v) is 9.59. The van der Waals surface area contributed by atoms with E-state index in [-0.39, 0.29) is 0 Å². The van der Waals surface area contributed by atoms with E-state index in [0.29, 0.717) is 5.95 Å². The van der Waals surface area contributed by atoms with E-state index in [1.807, 2.05) is 42.6 Å². The molecular weight excluding hydrogens is 364 g/mol. The van der Waals surface area contributed by atoms with Crippen LogP contribution in [0.4, 0.5) is 17.5 Å². The number of rotatable bonds is 4. The molecule has 4 aromatic rings. The molecule has 0 radical (unpaired) electrons. The zero-order valence-electron chi connectivity index (χ0n) is 15.8. The van der Waals surface area contributed by atoms with Crippen molar-refractivity contribution >= 4 is 28.4 Å². The lowest BCUT2D eigenvalue weighted by molar-refractivity contribution is 0.585. The van der Waals surface area contributed by atoms with Crippen molar-refractivity contribution in [3.05, 3.63) is 61.2 Å². The van der Waals surface area contributed by atoms with Gasteiger partial charge in [-0.25, -0.2) is 15.0 Å². The molecule has 8 heteroatoms. The van der Waals surface area contributed by atoms with Gasteiger partial charge < -0.3 is 15.5 Å². The van der Waals surface area contributed by atoms with Crippen molar-refractivity contribution in [1.82, 2.24) is 30.2 Å². The van der Waals surface area contributed by atoms with Gasteiger partial charge in [-0.3, -0.25) is 9.97 Å². The third kappa shape index (κ3) is 3.70. The van der Waals surface area contributed by atoms with E-state index >= 15 is 0 Å². The first kappa shape index (κ1) is 17.4. The minimum absolute atomic E-state index is 0.499. The molecule has 144 valence electrons. The van der Waals surface area contributed by atoms with Crippen LogP contribution in [0, 0.1) is 0 Å². The normalized spacial score (nSPS) is 14.1. The van der Waals surface area contributed by atoms with Gasteiger partial charge in [-0.05, 0) is 30.3 Å². The molecule has 29 heavy (non-hydrogen) atoms. The summed E-state index contributed by atoms with van der Waals surface area (Å²) < 4.78 is 0. The predicted molar refractivity (Wildman–Crippen MR) is 113 cm³/mol. The van der Waals surface area contributed by atoms with Crippen molar-refractivity contribution in [3.8, 4) is 11.4 Å². The Morgan fingerprint density at radius 3 is 2.59 bits per heavy atom. The van der Waals surface area contributed by atoms with Gasteiger partial charge in [0.2, 0.25) is 5.95 Å². The van der Waals surface area contributed by atoms with Gasteiger partial charge in [0.25, 0.3) is 0 Å². The minimum Gasteiger partial charge on any atom is -0.354 e. The molecule has 0 bridgehead atoms. The van der Waals surface area contributed by atoms with Crippen LogP contribution < -0.4 is 15.5 Å². The number of hydrogen-bond donors (Lipinski definition) is 2. The van der Waals surface area contributed by atoms with Gasteiger partial charge in [0.05, 0.1) is 17.6 Å². The van der Waals surface area contributed by atoms with E-state index in [1.54, 1.807) is 18.6 Å². The molecule has 0 unspecified atom stereocenters. The van der Waals surface area contributed by atoms with Crippen LogP contribution in [0.15, 0.2) is 61.2 Å². The molecule has 0 saturated carbocycles. The van der Waals surface area contributed by atoms with Gasteiger partial charge >= 0.3 is 0 Å². The lowest BCUT2D eigenvalue weighted by atomic mass is 10.2. The van der Waals surface area contributed by atoms with E-state index < -0.39 is 0 Å². The second-order valence-corrected chi connectivity index (χ2v) is 6.77. The standard InChI is InChI=1S/C21H20N8/c1-2-7-23-17(3-1)20-19-15(6-8-24-20)13-26-21(28-19)27-16-4-5-18(25-14-16)29-11-9-22-10-12-29/h1-8,13-14,22H,9-12H2,(H,26,27,28). The second-order valence-electron chi connectivity index (χ2n) is 6.77. The summed E-state index contributed by atoms with van der Waals surface area (Å²) in [5.41, 5.74) is 3.12. The Morgan fingerprint density at radius 2 is 1.79 bits per heavy atom. The second kappa shape index (κ2) is 7.76. The Balaban J connectivity index is 1.42. The first-order valence-electron chi connectivity index (χ1n) is 9.59. The van der Waals surface area contributed by atoms with Crippen LogP contribution in [0.3, 0.4) is 0 Å². The monoisotopic (exact) mass is 384 g/mol. The summed E-state index contributed by atoms with van der Waals surface area (Å²) in [5, 5.41) is 7.51. The van der Waals surface area contributed by atoms with Crippen molar-refractivity contribution in [2.75, 3.05) is 36.4 Å². The topological polar surface area (TPSA) is 91.8 Å². The summed E-state index contributed by atoms with van der Waals surface area (Å²) in [6, 6.07) is 11.7.